The van der Waals surface area contributed by atoms with E-state index in [0.29, 0.717) is 46.1 Å². The number of rotatable bonds is 9. The van der Waals surface area contributed by atoms with E-state index in [2.05, 4.69) is 35.9 Å². The van der Waals surface area contributed by atoms with E-state index in [-0.39, 0.29) is 40.1 Å². The van der Waals surface area contributed by atoms with Gasteiger partial charge in [-0.3, -0.25) is 9.59 Å². The van der Waals surface area contributed by atoms with Crippen LogP contribution in [-0.2, 0) is 9.47 Å². The zero-order valence-electron chi connectivity index (χ0n) is 21.5. The summed E-state index contributed by atoms with van der Waals surface area (Å²) in [5.74, 6) is -0.402. The van der Waals surface area contributed by atoms with Gasteiger partial charge in [-0.15, -0.1) is 22.7 Å². The number of carbonyl (C=O) groups is 4. The second-order valence-corrected chi connectivity index (χ2v) is 9.75. The van der Waals surface area contributed by atoms with Crippen LogP contribution in [0.1, 0.15) is 74.6 Å². The highest BCUT2D eigenvalue weighted by Crippen LogP contribution is 2.28. The fraction of sp³-hybridized carbons (Fsp3) is 0.333. The molecule has 0 saturated heterocycles. The highest BCUT2D eigenvalue weighted by atomic mass is 79.9. The van der Waals surface area contributed by atoms with Gasteiger partial charge >= 0.3 is 11.9 Å². The summed E-state index contributed by atoms with van der Waals surface area (Å²) in [5, 5.41) is 4.36. The van der Waals surface area contributed by atoms with E-state index in [4.69, 9.17) is 18.3 Å². The van der Waals surface area contributed by atoms with Gasteiger partial charge in [0, 0.05) is 17.7 Å². The van der Waals surface area contributed by atoms with E-state index in [1.807, 2.05) is 0 Å². The molecule has 0 atom stereocenters. The molecule has 0 amide bonds. The maximum atomic E-state index is 11.6. The first-order chi connectivity index (χ1) is 18.6. The van der Waals surface area contributed by atoms with Gasteiger partial charge in [-0.2, -0.15) is 0 Å². The summed E-state index contributed by atoms with van der Waals surface area (Å²) in [7, 11) is 0. The molecule has 12 nitrogen and oxygen atoms in total. The third kappa shape index (κ3) is 7.30. The Morgan fingerprint density at radius 3 is 1.62 bits per heavy atom. The maximum Gasteiger partial charge on any atom is 0.357 e. The minimum absolute atomic E-state index is 0.0299. The number of ether oxygens (including phenoxy) is 2. The Bertz CT molecular complexity index is 1500. The number of halogens is 1. The molecular weight excluding hydrogens is 616 g/mol. The van der Waals surface area contributed by atoms with Crippen molar-refractivity contribution in [3.63, 3.8) is 0 Å². The van der Waals surface area contributed by atoms with E-state index in [1.54, 1.807) is 38.5 Å². The van der Waals surface area contributed by atoms with Crippen LogP contribution in [0.5, 0.6) is 0 Å². The van der Waals surface area contributed by atoms with Crippen LogP contribution in [0.4, 0.5) is 0 Å². The van der Waals surface area contributed by atoms with Crippen molar-refractivity contribution >= 4 is 62.1 Å². The number of hydrogen-bond acceptors (Lipinski definition) is 14. The highest BCUT2D eigenvalue weighted by molar-refractivity contribution is 9.09. The van der Waals surface area contributed by atoms with Gasteiger partial charge in [0.2, 0.25) is 11.6 Å². The van der Waals surface area contributed by atoms with Crippen LogP contribution in [0.15, 0.2) is 19.6 Å². The van der Waals surface area contributed by atoms with Crippen LogP contribution in [0.2, 0.25) is 0 Å². The van der Waals surface area contributed by atoms with Crippen LogP contribution < -0.4 is 0 Å². The van der Waals surface area contributed by atoms with Gasteiger partial charge in [-0.25, -0.2) is 29.5 Å². The van der Waals surface area contributed by atoms with Crippen molar-refractivity contribution < 1.29 is 37.5 Å². The van der Waals surface area contributed by atoms with Crippen molar-refractivity contribution in [1.82, 2.24) is 19.9 Å². The number of aromatic nitrogens is 4. The van der Waals surface area contributed by atoms with Gasteiger partial charge in [0.1, 0.15) is 32.9 Å². The molecule has 4 aromatic rings. The lowest BCUT2D eigenvalue weighted by Crippen LogP contribution is -2.04. The molecule has 0 saturated carbocycles. The van der Waals surface area contributed by atoms with Gasteiger partial charge in [0.05, 0.1) is 18.5 Å². The van der Waals surface area contributed by atoms with Gasteiger partial charge in [0.25, 0.3) is 11.8 Å². The Hall–Kier alpha value is -3.56. The number of alkyl halides is 1. The summed E-state index contributed by atoms with van der Waals surface area (Å²) in [4.78, 5) is 62.3. The largest absolute Gasteiger partial charge is 0.461 e. The third-order valence-corrected chi connectivity index (χ3v) is 6.84. The zero-order chi connectivity index (χ0) is 28.7. The number of ketones is 2. The Balaban J connectivity index is 0.000000216. The van der Waals surface area contributed by atoms with E-state index < -0.39 is 11.9 Å². The monoisotopic (exact) mass is 638 g/mol. The Labute approximate surface area is 238 Å². The Morgan fingerprint density at radius 2 is 1.23 bits per heavy atom. The SMILES string of the molecule is CCOC(=O)c1csc(-c2nc(C(=O)CBr)oc2C)n1.CCOC(=O)c1csc(-c2nc(C(C)=O)oc2C)n1. The summed E-state index contributed by atoms with van der Waals surface area (Å²) < 4.78 is 20.3. The lowest BCUT2D eigenvalue weighted by atomic mass is 10.4. The molecule has 0 aliphatic carbocycles. The molecule has 0 spiro atoms. The molecule has 0 aliphatic rings. The summed E-state index contributed by atoms with van der Waals surface area (Å²) in [6.07, 6.45) is 0. The topological polar surface area (TPSA) is 165 Å². The average Bonchev–Trinajstić information content (AvgIpc) is 3.70. The molecule has 4 heterocycles. The maximum absolute atomic E-state index is 11.6. The lowest BCUT2D eigenvalue weighted by Gasteiger charge is -1.95. The van der Waals surface area contributed by atoms with Crippen molar-refractivity contribution in [2.24, 2.45) is 0 Å². The Kier molecular flexibility index (Phi) is 10.4. The minimum Gasteiger partial charge on any atom is -0.461 e. The van der Waals surface area contributed by atoms with Gasteiger partial charge in [-0.05, 0) is 27.7 Å². The average molecular weight is 640 g/mol. The first-order valence-corrected chi connectivity index (χ1v) is 14.3. The normalized spacial score (nSPS) is 10.5. The molecule has 0 aliphatic heterocycles. The Morgan fingerprint density at radius 1 is 0.795 bits per heavy atom. The molecule has 0 N–H and O–H groups in total. The number of oxazole rings is 2. The van der Waals surface area contributed by atoms with E-state index in [1.165, 1.54) is 29.6 Å². The number of thiazole rings is 2. The molecular formula is C24H23BrN4O8S2. The van der Waals surface area contributed by atoms with E-state index in [0.717, 1.165) is 0 Å². The third-order valence-electron chi connectivity index (χ3n) is 4.64. The molecule has 0 radical (unpaired) electrons. The highest BCUT2D eigenvalue weighted by Gasteiger charge is 2.21. The molecule has 4 rings (SSSR count). The van der Waals surface area contributed by atoms with Crippen molar-refractivity contribution in [2.75, 3.05) is 18.5 Å². The van der Waals surface area contributed by atoms with Crippen LogP contribution in [0.3, 0.4) is 0 Å². The zero-order valence-corrected chi connectivity index (χ0v) is 24.7. The number of aryl methyl sites for hydroxylation is 2. The van der Waals surface area contributed by atoms with Crippen LogP contribution in [-0.4, -0.2) is 62.0 Å². The number of hydrogen-bond donors (Lipinski definition) is 0. The first kappa shape index (κ1) is 30.0. The molecule has 206 valence electrons. The number of esters is 2. The first-order valence-electron chi connectivity index (χ1n) is 11.4. The van der Waals surface area contributed by atoms with Crippen molar-refractivity contribution in [2.45, 2.75) is 34.6 Å². The standard InChI is InChI=1S/C12H11BrN2O4S.C12H12N2O4S/c1-3-18-12(17)7-5-20-11(14-7)9-6(2)19-10(15-9)8(16)4-13;1-4-17-12(16)8-5-19-11(13-8)9-7(3)18-10(14-9)6(2)15/h5H,3-4H2,1-2H3;5H,4H2,1-3H3. The predicted molar refractivity (Wildman–Crippen MR) is 145 cm³/mol. The van der Waals surface area contributed by atoms with Crippen LogP contribution in [0, 0.1) is 13.8 Å². The molecule has 0 bridgehead atoms. The molecule has 0 aromatic carbocycles. The fourth-order valence-electron chi connectivity index (χ4n) is 2.88. The van der Waals surface area contributed by atoms with Crippen molar-refractivity contribution in [3.8, 4) is 21.4 Å². The number of nitrogens with zero attached hydrogens (tertiary/aromatic N) is 4. The molecule has 15 heteroatoms. The summed E-state index contributed by atoms with van der Waals surface area (Å²) in [5.41, 5.74) is 1.40. The van der Waals surface area contributed by atoms with Crippen molar-refractivity contribution in [3.05, 3.63) is 45.4 Å². The minimum atomic E-state index is -0.479. The van der Waals surface area contributed by atoms with E-state index >= 15 is 0 Å². The van der Waals surface area contributed by atoms with Gasteiger partial charge < -0.3 is 18.3 Å². The number of Topliss-reactive ketones (excluding diaryl/α,β-unsaturated/α-hetero) is 2. The summed E-state index contributed by atoms with van der Waals surface area (Å²) in [6, 6.07) is 0. The van der Waals surface area contributed by atoms with Crippen molar-refractivity contribution in [1.29, 1.82) is 0 Å². The summed E-state index contributed by atoms with van der Waals surface area (Å²) >= 11 is 5.55. The smallest absolute Gasteiger partial charge is 0.357 e. The second kappa shape index (κ2) is 13.5. The van der Waals surface area contributed by atoms with Gasteiger partial charge in [0.15, 0.2) is 11.4 Å². The molecule has 4 aromatic heterocycles. The quantitative estimate of drug-likeness (QED) is 0.131. The molecule has 0 fully saturated rings. The lowest BCUT2D eigenvalue weighted by molar-refractivity contribution is 0.0511. The van der Waals surface area contributed by atoms with Crippen LogP contribution in [0.25, 0.3) is 21.4 Å². The number of carbonyl (C=O) groups excluding carboxylic acids is 4. The predicted octanol–water partition coefficient (Wildman–Crippen LogP) is 5.35. The van der Waals surface area contributed by atoms with Crippen LogP contribution >= 0.6 is 38.6 Å². The fourth-order valence-corrected chi connectivity index (χ4v) is 4.77. The molecule has 0 unspecified atom stereocenters. The van der Waals surface area contributed by atoms with E-state index in [9.17, 15) is 19.2 Å². The summed E-state index contributed by atoms with van der Waals surface area (Å²) in [6.45, 7) is 8.80. The second-order valence-electron chi connectivity index (χ2n) is 7.48. The van der Waals surface area contributed by atoms with Gasteiger partial charge in [-0.1, -0.05) is 15.9 Å². The molecule has 39 heavy (non-hydrogen) atoms.